The number of nitrogens with two attached hydrogens (primary N) is 1. The third-order valence-electron chi connectivity index (χ3n) is 5.02. The fourth-order valence-electron chi connectivity index (χ4n) is 3.39. The van der Waals surface area contributed by atoms with E-state index in [1.54, 1.807) is 17.2 Å². The Morgan fingerprint density at radius 1 is 1.19 bits per heavy atom. The normalized spacial score (nSPS) is 15.8. The molecule has 32 heavy (non-hydrogen) atoms. The van der Waals surface area contributed by atoms with Crippen LogP contribution in [0, 0.1) is 24.3 Å². The summed E-state index contributed by atoms with van der Waals surface area (Å²) in [6, 6.07) is 7.38. The summed E-state index contributed by atoms with van der Waals surface area (Å²) >= 11 is 0. The van der Waals surface area contributed by atoms with Gasteiger partial charge in [0.1, 0.15) is 0 Å². The van der Waals surface area contributed by atoms with Crippen LogP contribution in [-0.4, -0.2) is 60.8 Å². The van der Waals surface area contributed by atoms with E-state index in [0.29, 0.717) is 18.7 Å². The number of amides is 2. The lowest BCUT2D eigenvalue weighted by Crippen LogP contribution is -2.41. The van der Waals surface area contributed by atoms with Crippen molar-refractivity contribution in [2.24, 2.45) is 10.7 Å². The highest BCUT2D eigenvalue weighted by molar-refractivity contribution is 5.85. The van der Waals surface area contributed by atoms with Crippen molar-refractivity contribution in [2.45, 2.75) is 38.5 Å². The van der Waals surface area contributed by atoms with E-state index in [-0.39, 0.29) is 17.8 Å². The third-order valence-corrected chi connectivity index (χ3v) is 5.02. The van der Waals surface area contributed by atoms with Gasteiger partial charge in [0.05, 0.1) is 12.2 Å². The van der Waals surface area contributed by atoms with Crippen molar-refractivity contribution in [3.63, 3.8) is 0 Å². The Hall–Kier alpha value is -3.72. The summed E-state index contributed by atoms with van der Waals surface area (Å²) in [7, 11) is 1.82. The molecule has 0 saturated carbocycles. The molecule has 0 radical (unpaired) electrons. The summed E-state index contributed by atoms with van der Waals surface area (Å²) in [4.78, 5) is 31.2. The van der Waals surface area contributed by atoms with Crippen molar-refractivity contribution in [3.8, 4) is 19.0 Å². The van der Waals surface area contributed by atoms with Gasteiger partial charge in [-0.15, -0.1) is 12.8 Å². The molecule has 2 saturated heterocycles. The van der Waals surface area contributed by atoms with Crippen LogP contribution in [0.15, 0.2) is 29.3 Å². The van der Waals surface area contributed by atoms with Crippen molar-refractivity contribution in [1.82, 2.24) is 15.1 Å². The highest BCUT2D eigenvalue weighted by Gasteiger charge is 2.23. The Morgan fingerprint density at radius 3 is 2.53 bits per heavy atom. The fraction of sp³-hybridized carbons (Fsp3) is 0.478. The van der Waals surface area contributed by atoms with Crippen LogP contribution in [0.25, 0.3) is 0 Å². The molecule has 0 unspecified atom stereocenters. The maximum atomic E-state index is 11.9. The zero-order chi connectivity index (χ0) is 23.8. The molecule has 2 fully saturated rings. The molecule has 0 spiro atoms. The summed E-state index contributed by atoms with van der Waals surface area (Å²) in [5.74, 6) is 0.374. The zero-order valence-corrected chi connectivity index (χ0v) is 18.7. The Morgan fingerprint density at radius 2 is 1.88 bits per heavy atom. The Balaban J connectivity index is 0.000000300. The van der Waals surface area contributed by atoms with Gasteiger partial charge in [0.25, 0.3) is 0 Å². The fourth-order valence-corrected chi connectivity index (χ4v) is 3.39. The van der Waals surface area contributed by atoms with Gasteiger partial charge in [-0.3, -0.25) is 14.9 Å². The van der Waals surface area contributed by atoms with E-state index in [4.69, 9.17) is 11.0 Å². The number of nitrogens with zero attached hydrogens (tertiary/aromatic N) is 4. The number of carbonyl (C=O) groups is 2. The van der Waals surface area contributed by atoms with Crippen LogP contribution < -0.4 is 16.4 Å². The average Bonchev–Trinajstić information content (AvgIpc) is 3.28. The number of nitrogens with one attached hydrogen (secondary N) is 2. The maximum Gasteiger partial charge on any atom is 0.242 e. The first kappa shape index (κ1) is 26.3. The van der Waals surface area contributed by atoms with Gasteiger partial charge in [0.15, 0.2) is 6.19 Å². The molecule has 4 N–H and O–H groups in total. The quantitative estimate of drug-likeness (QED) is 0.217. The van der Waals surface area contributed by atoms with Gasteiger partial charge in [-0.25, -0.2) is 4.99 Å². The molecule has 9 heteroatoms. The summed E-state index contributed by atoms with van der Waals surface area (Å²) in [5, 5.41) is 13.5. The molecule has 2 amide bonds. The average molecular weight is 440 g/mol. The second-order valence-electron chi connectivity index (χ2n) is 7.25. The maximum absolute atomic E-state index is 11.9. The number of terminal acetylenes is 1. The standard InChI is InChI=1S/C12H20N2O2.C9H11N5.C2H2/c15-11-6-2-1-3-9-14(11)10-12(16)13-7-4-5-8-13;1-12-7-3-2-4-8(5-7)14-9(11)13-6-10;1-2/h1-10H2;2-5,12H,1H3,(H3,11,13,14);1-2H. The van der Waals surface area contributed by atoms with E-state index in [0.717, 1.165) is 57.4 Å². The van der Waals surface area contributed by atoms with E-state index in [1.807, 2.05) is 30.1 Å². The van der Waals surface area contributed by atoms with Gasteiger partial charge in [0, 0.05) is 38.8 Å². The van der Waals surface area contributed by atoms with Crippen LogP contribution >= 0.6 is 0 Å². The third kappa shape index (κ3) is 9.40. The number of aliphatic imine (C=N–C) groups is 1. The van der Waals surface area contributed by atoms with Gasteiger partial charge in [-0.2, -0.15) is 5.26 Å². The number of anilines is 1. The molecule has 9 nitrogen and oxygen atoms in total. The summed E-state index contributed by atoms with van der Waals surface area (Å²) in [6.07, 6.45) is 15.7. The monoisotopic (exact) mass is 439 g/mol. The minimum absolute atomic E-state index is 0.0840. The number of rotatable bonds is 4. The van der Waals surface area contributed by atoms with Gasteiger partial charge in [-0.05, 0) is 43.9 Å². The Kier molecular flexibility index (Phi) is 12.4. The first-order valence-electron chi connectivity index (χ1n) is 10.7. The smallest absolute Gasteiger partial charge is 0.242 e. The first-order valence-corrected chi connectivity index (χ1v) is 10.7. The molecule has 0 bridgehead atoms. The number of benzene rings is 1. The predicted molar refractivity (Wildman–Crippen MR) is 127 cm³/mol. The minimum Gasteiger partial charge on any atom is -0.388 e. The van der Waals surface area contributed by atoms with Gasteiger partial charge < -0.3 is 20.9 Å². The molecule has 1 aromatic carbocycles. The molecule has 172 valence electrons. The van der Waals surface area contributed by atoms with E-state index in [9.17, 15) is 9.59 Å². The summed E-state index contributed by atoms with van der Waals surface area (Å²) in [6.45, 7) is 2.82. The molecule has 0 aliphatic carbocycles. The zero-order valence-electron chi connectivity index (χ0n) is 18.7. The largest absolute Gasteiger partial charge is 0.388 e. The number of likely N-dealkylation sites (tertiary alicyclic amines) is 2. The molecular formula is C23H33N7O2. The van der Waals surface area contributed by atoms with Crippen molar-refractivity contribution in [3.05, 3.63) is 24.3 Å². The number of nitriles is 1. The summed E-state index contributed by atoms with van der Waals surface area (Å²) in [5.41, 5.74) is 7.04. The van der Waals surface area contributed by atoms with Gasteiger partial charge >= 0.3 is 0 Å². The van der Waals surface area contributed by atoms with Crippen molar-refractivity contribution < 1.29 is 9.59 Å². The number of guanidine groups is 1. The number of hydrogen-bond acceptors (Lipinski definition) is 5. The summed E-state index contributed by atoms with van der Waals surface area (Å²) < 4.78 is 0. The van der Waals surface area contributed by atoms with E-state index in [1.165, 1.54) is 0 Å². The molecule has 2 heterocycles. The number of carbonyl (C=O) groups excluding carboxylic acids is 2. The van der Waals surface area contributed by atoms with Crippen LogP contribution in [0.1, 0.15) is 38.5 Å². The molecule has 3 rings (SSSR count). The lowest BCUT2D eigenvalue weighted by atomic mass is 10.2. The van der Waals surface area contributed by atoms with E-state index >= 15 is 0 Å². The molecule has 1 aromatic rings. The van der Waals surface area contributed by atoms with Crippen LogP contribution in [0.5, 0.6) is 0 Å². The van der Waals surface area contributed by atoms with Crippen LogP contribution in [-0.2, 0) is 9.59 Å². The highest BCUT2D eigenvalue weighted by atomic mass is 16.2. The molecule has 0 aromatic heterocycles. The van der Waals surface area contributed by atoms with Crippen LogP contribution in [0.2, 0.25) is 0 Å². The second kappa shape index (κ2) is 15.1. The molecule has 2 aliphatic rings. The molecule has 2 aliphatic heterocycles. The lowest BCUT2D eigenvalue weighted by Gasteiger charge is -2.23. The van der Waals surface area contributed by atoms with Gasteiger partial charge in [-0.1, -0.05) is 12.5 Å². The first-order chi connectivity index (χ1) is 15.5. The number of hydrogen-bond donors (Lipinski definition) is 3. The van der Waals surface area contributed by atoms with Crippen LogP contribution in [0.3, 0.4) is 0 Å². The predicted octanol–water partition coefficient (Wildman–Crippen LogP) is 2.01. The Bertz CT molecular complexity index is 823. The highest BCUT2D eigenvalue weighted by Crippen LogP contribution is 2.17. The second-order valence-corrected chi connectivity index (χ2v) is 7.25. The topological polar surface area (TPSA) is 127 Å². The van der Waals surface area contributed by atoms with E-state index < -0.39 is 0 Å². The lowest BCUT2D eigenvalue weighted by molar-refractivity contribution is -0.139. The van der Waals surface area contributed by atoms with Gasteiger partial charge in [0.2, 0.25) is 17.8 Å². The Labute approximate surface area is 190 Å². The van der Waals surface area contributed by atoms with E-state index in [2.05, 4.69) is 28.5 Å². The van der Waals surface area contributed by atoms with Crippen LogP contribution in [0.4, 0.5) is 11.4 Å². The van der Waals surface area contributed by atoms with Crippen molar-refractivity contribution in [2.75, 3.05) is 38.5 Å². The minimum atomic E-state index is 0.0840. The molecular weight excluding hydrogens is 406 g/mol. The van der Waals surface area contributed by atoms with Crippen molar-refractivity contribution in [1.29, 1.82) is 5.26 Å². The van der Waals surface area contributed by atoms with Crippen molar-refractivity contribution >= 4 is 29.1 Å². The molecule has 0 atom stereocenters. The SMILES string of the molecule is C#C.CNc1cccc(N=C(N)NC#N)c1.O=C(CN1CCCCCC1=O)N1CCCC1.